The first-order chi connectivity index (χ1) is 14.9. The van der Waals surface area contributed by atoms with Gasteiger partial charge in [-0.3, -0.25) is 9.59 Å². The Labute approximate surface area is 199 Å². The molecular weight excluding hydrogens is 472 g/mol. The molecule has 0 fully saturated rings. The largest absolute Gasteiger partial charge is 0.354 e. The van der Waals surface area contributed by atoms with Crippen molar-refractivity contribution in [3.8, 4) is 0 Å². The average molecular weight is 506 g/mol. The van der Waals surface area contributed by atoms with E-state index in [4.69, 9.17) is 0 Å². The molecule has 0 aromatic heterocycles. The standard InChI is InChI=1S/C25H33BrN2O2S/c1-4-6-14-27-25(30)23(5-2)28(16-21-9-7-8-19(3)15-21)24(29)18-31-17-20-10-12-22(26)13-11-20/h7-13,15,23H,4-6,14,16-18H2,1-3H3,(H,27,30)/t23-/m0/s1. The van der Waals surface area contributed by atoms with Crippen LogP contribution < -0.4 is 5.32 Å². The number of unbranched alkanes of at least 4 members (excludes halogenated alkanes) is 1. The topological polar surface area (TPSA) is 49.4 Å². The van der Waals surface area contributed by atoms with Gasteiger partial charge in [0.25, 0.3) is 0 Å². The van der Waals surface area contributed by atoms with E-state index in [0.717, 1.165) is 34.2 Å². The molecule has 1 N–H and O–H groups in total. The van der Waals surface area contributed by atoms with Crippen molar-refractivity contribution in [2.24, 2.45) is 0 Å². The van der Waals surface area contributed by atoms with Crippen molar-refractivity contribution >= 4 is 39.5 Å². The van der Waals surface area contributed by atoms with Crippen LogP contribution >= 0.6 is 27.7 Å². The summed E-state index contributed by atoms with van der Waals surface area (Å²) in [5, 5.41) is 3.01. The van der Waals surface area contributed by atoms with Crippen molar-refractivity contribution in [2.45, 2.75) is 58.4 Å². The average Bonchev–Trinajstić information content (AvgIpc) is 2.75. The molecule has 0 heterocycles. The molecule has 0 saturated heterocycles. The van der Waals surface area contributed by atoms with Crippen LogP contribution in [0, 0.1) is 6.92 Å². The summed E-state index contributed by atoms with van der Waals surface area (Å²) in [7, 11) is 0. The summed E-state index contributed by atoms with van der Waals surface area (Å²) >= 11 is 5.03. The third-order valence-corrected chi connectivity index (χ3v) is 6.58. The highest BCUT2D eigenvalue weighted by Gasteiger charge is 2.28. The fraction of sp³-hybridized carbons (Fsp3) is 0.440. The Bertz CT molecular complexity index is 842. The fourth-order valence-corrected chi connectivity index (χ4v) is 4.49. The zero-order valence-corrected chi connectivity index (χ0v) is 21.1. The lowest BCUT2D eigenvalue weighted by Gasteiger charge is -2.30. The molecule has 0 saturated carbocycles. The van der Waals surface area contributed by atoms with Crippen molar-refractivity contribution in [3.05, 3.63) is 69.7 Å². The molecule has 1 atom stereocenters. The third-order valence-electron chi connectivity index (χ3n) is 5.06. The van der Waals surface area contributed by atoms with Gasteiger partial charge in [0, 0.05) is 23.3 Å². The molecule has 0 radical (unpaired) electrons. The molecule has 2 amide bonds. The summed E-state index contributed by atoms with van der Waals surface area (Å²) in [6, 6.07) is 15.8. The molecule has 0 spiro atoms. The number of amides is 2. The summed E-state index contributed by atoms with van der Waals surface area (Å²) in [6.07, 6.45) is 2.56. The third kappa shape index (κ3) is 8.69. The van der Waals surface area contributed by atoms with Crippen LogP contribution in [-0.2, 0) is 21.9 Å². The van der Waals surface area contributed by atoms with Crippen LogP contribution in [0.4, 0.5) is 0 Å². The highest BCUT2D eigenvalue weighted by Crippen LogP contribution is 2.19. The van der Waals surface area contributed by atoms with E-state index in [1.165, 1.54) is 5.56 Å². The number of benzene rings is 2. The quantitative estimate of drug-likeness (QED) is 0.376. The molecule has 0 bridgehead atoms. The Hall–Kier alpha value is -1.79. The monoisotopic (exact) mass is 504 g/mol. The van der Waals surface area contributed by atoms with Gasteiger partial charge < -0.3 is 10.2 Å². The van der Waals surface area contributed by atoms with Crippen molar-refractivity contribution in [3.63, 3.8) is 0 Å². The molecule has 0 unspecified atom stereocenters. The SMILES string of the molecule is CCCCNC(=O)[C@H](CC)N(Cc1cccc(C)c1)C(=O)CSCc1ccc(Br)cc1. The number of nitrogens with zero attached hydrogens (tertiary/aromatic N) is 1. The van der Waals surface area contributed by atoms with Crippen molar-refractivity contribution < 1.29 is 9.59 Å². The Kier molecular flexibility index (Phi) is 11.2. The van der Waals surface area contributed by atoms with Crippen LogP contribution in [0.5, 0.6) is 0 Å². The molecule has 0 aliphatic carbocycles. The van der Waals surface area contributed by atoms with Crippen LogP contribution in [0.1, 0.15) is 49.8 Å². The van der Waals surface area contributed by atoms with Gasteiger partial charge in [-0.05, 0) is 43.0 Å². The van der Waals surface area contributed by atoms with Crippen molar-refractivity contribution in [1.29, 1.82) is 0 Å². The van der Waals surface area contributed by atoms with Crippen LogP contribution in [-0.4, -0.2) is 35.1 Å². The maximum Gasteiger partial charge on any atom is 0.242 e. The second kappa shape index (κ2) is 13.6. The van der Waals surface area contributed by atoms with E-state index < -0.39 is 6.04 Å². The number of carbonyl (C=O) groups is 2. The molecule has 4 nitrogen and oxygen atoms in total. The number of aryl methyl sites for hydroxylation is 1. The second-order valence-corrected chi connectivity index (χ2v) is 9.60. The number of rotatable bonds is 12. The fourth-order valence-electron chi connectivity index (χ4n) is 3.35. The van der Waals surface area contributed by atoms with Gasteiger partial charge in [0.1, 0.15) is 6.04 Å². The highest BCUT2D eigenvalue weighted by atomic mass is 79.9. The lowest BCUT2D eigenvalue weighted by molar-refractivity contribution is -0.139. The lowest BCUT2D eigenvalue weighted by atomic mass is 10.1. The molecule has 168 valence electrons. The van der Waals surface area contributed by atoms with Crippen LogP contribution in [0.15, 0.2) is 53.0 Å². The number of nitrogens with one attached hydrogen (secondary N) is 1. The van der Waals surface area contributed by atoms with E-state index in [0.29, 0.717) is 25.3 Å². The zero-order valence-electron chi connectivity index (χ0n) is 18.7. The normalized spacial score (nSPS) is 11.7. The van der Waals surface area contributed by atoms with Gasteiger partial charge in [-0.1, -0.05) is 78.2 Å². The zero-order chi connectivity index (χ0) is 22.6. The van der Waals surface area contributed by atoms with Gasteiger partial charge in [0.2, 0.25) is 11.8 Å². The maximum atomic E-state index is 13.2. The van der Waals surface area contributed by atoms with E-state index in [-0.39, 0.29) is 11.8 Å². The first-order valence-electron chi connectivity index (χ1n) is 10.9. The molecule has 2 rings (SSSR count). The van der Waals surface area contributed by atoms with Crippen LogP contribution in [0.2, 0.25) is 0 Å². The minimum Gasteiger partial charge on any atom is -0.354 e. The number of halogens is 1. The first-order valence-corrected chi connectivity index (χ1v) is 12.8. The molecule has 2 aromatic carbocycles. The van der Waals surface area contributed by atoms with Crippen LogP contribution in [0.25, 0.3) is 0 Å². The Balaban J connectivity index is 2.09. The van der Waals surface area contributed by atoms with Gasteiger partial charge in [0.05, 0.1) is 5.75 Å². The summed E-state index contributed by atoms with van der Waals surface area (Å²) in [5.41, 5.74) is 3.37. The van der Waals surface area contributed by atoms with Crippen molar-refractivity contribution in [2.75, 3.05) is 12.3 Å². The maximum absolute atomic E-state index is 13.2. The number of hydrogen-bond acceptors (Lipinski definition) is 3. The molecule has 31 heavy (non-hydrogen) atoms. The summed E-state index contributed by atoms with van der Waals surface area (Å²) < 4.78 is 1.04. The molecule has 2 aromatic rings. The second-order valence-electron chi connectivity index (χ2n) is 7.70. The number of thioether (sulfide) groups is 1. The molecule has 0 aliphatic heterocycles. The lowest BCUT2D eigenvalue weighted by Crippen LogP contribution is -2.49. The predicted molar refractivity (Wildman–Crippen MR) is 134 cm³/mol. The highest BCUT2D eigenvalue weighted by molar-refractivity contribution is 9.10. The molecule has 6 heteroatoms. The molecule has 0 aliphatic rings. The van der Waals surface area contributed by atoms with Gasteiger partial charge >= 0.3 is 0 Å². The number of hydrogen-bond donors (Lipinski definition) is 1. The minimum atomic E-state index is -0.460. The van der Waals surface area contributed by atoms with Crippen LogP contribution in [0.3, 0.4) is 0 Å². The summed E-state index contributed by atoms with van der Waals surface area (Å²) in [6.45, 7) is 7.20. The minimum absolute atomic E-state index is 0.00103. The van der Waals surface area contributed by atoms with E-state index >= 15 is 0 Å². The molecular formula is C25H33BrN2O2S. The summed E-state index contributed by atoms with van der Waals surface area (Å²) in [4.78, 5) is 27.8. The Morgan fingerprint density at radius 3 is 2.48 bits per heavy atom. The van der Waals surface area contributed by atoms with Crippen molar-refractivity contribution in [1.82, 2.24) is 10.2 Å². The predicted octanol–water partition coefficient (Wildman–Crippen LogP) is 5.71. The van der Waals surface area contributed by atoms with E-state index in [9.17, 15) is 9.59 Å². The Morgan fingerprint density at radius 2 is 1.84 bits per heavy atom. The Morgan fingerprint density at radius 1 is 1.10 bits per heavy atom. The van der Waals surface area contributed by atoms with E-state index in [2.05, 4.69) is 46.4 Å². The first kappa shape index (κ1) is 25.5. The van der Waals surface area contributed by atoms with Gasteiger partial charge in [0.15, 0.2) is 0 Å². The summed E-state index contributed by atoms with van der Waals surface area (Å²) in [5.74, 6) is 1.05. The smallest absolute Gasteiger partial charge is 0.242 e. The van der Waals surface area contributed by atoms with E-state index in [1.807, 2.05) is 44.2 Å². The number of carbonyl (C=O) groups excluding carboxylic acids is 2. The van der Waals surface area contributed by atoms with E-state index in [1.54, 1.807) is 16.7 Å². The van der Waals surface area contributed by atoms with Gasteiger partial charge in [-0.25, -0.2) is 0 Å². The van der Waals surface area contributed by atoms with Gasteiger partial charge in [-0.15, -0.1) is 11.8 Å². The van der Waals surface area contributed by atoms with Gasteiger partial charge in [-0.2, -0.15) is 0 Å².